The van der Waals surface area contributed by atoms with Crippen LogP contribution in [0.5, 0.6) is 5.75 Å². The van der Waals surface area contributed by atoms with Gasteiger partial charge in [0.05, 0.1) is 21.7 Å². The average molecular weight is 447 g/mol. The van der Waals surface area contributed by atoms with Crippen LogP contribution in [0.15, 0.2) is 4.47 Å². The van der Waals surface area contributed by atoms with Crippen LogP contribution in [0.4, 0.5) is 0 Å². The summed E-state index contributed by atoms with van der Waals surface area (Å²) >= 11 is 3.15. The van der Waals surface area contributed by atoms with Crippen molar-refractivity contribution in [2.75, 3.05) is 13.2 Å². The number of benzene rings is 1. The van der Waals surface area contributed by atoms with E-state index in [0.29, 0.717) is 17.7 Å². The van der Waals surface area contributed by atoms with E-state index in [1.807, 2.05) is 0 Å². The fourth-order valence-electron chi connectivity index (χ4n) is 2.61. The quantitative estimate of drug-likeness (QED) is 0.442. The predicted molar refractivity (Wildman–Crippen MR) is 104 cm³/mol. The molecule has 1 rings (SSSR count). The number of carboxylic acid groups (broad SMARTS) is 2. The van der Waals surface area contributed by atoms with Gasteiger partial charge in [0.2, 0.25) is 0 Å². The monoisotopic (exact) mass is 446 g/mol. The Morgan fingerprint density at radius 2 is 1.67 bits per heavy atom. The van der Waals surface area contributed by atoms with Gasteiger partial charge in [-0.2, -0.15) is 0 Å². The van der Waals surface area contributed by atoms with Crippen molar-refractivity contribution in [3.63, 3.8) is 0 Å². The highest BCUT2D eigenvalue weighted by atomic mass is 79.9. The minimum Gasteiger partial charge on any atom is -0.489 e. The number of hydrogen-bond acceptors (Lipinski definition) is 5. The van der Waals surface area contributed by atoms with E-state index in [-0.39, 0.29) is 28.0 Å². The Kier molecular flexibility index (Phi) is 9.21. The van der Waals surface area contributed by atoms with Gasteiger partial charge in [0.25, 0.3) is 0 Å². The smallest absolute Gasteiger partial charge is 0.337 e. The number of rotatable bonds is 11. The summed E-state index contributed by atoms with van der Waals surface area (Å²) in [5, 5.41) is 29.0. The third-order valence-electron chi connectivity index (χ3n) is 4.44. The van der Waals surface area contributed by atoms with E-state index < -0.39 is 24.1 Å². The molecule has 0 spiro atoms. The van der Waals surface area contributed by atoms with Gasteiger partial charge in [-0.15, -0.1) is 0 Å². The maximum absolute atomic E-state index is 11.6. The van der Waals surface area contributed by atoms with Gasteiger partial charge in [0.15, 0.2) is 0 Å². The summed E-state index contributed by atoms with van der Waals surface area (Å²) in [5.74, 6) is -2.50. The normalized spacial score (nSPS) is 13.3. The van der Waals surface area contributed by atoms with Crippen molar-refractivity contribution < 1.29 is 34.4 Å². The van der Waals surface area contributed by atoms with Crippen LogP contribution in [0.1, 0.15) is 65.0 Å². The molecule has 0 saturated carbocycles. The van der Waals surface area contributed by atoms with Gasteiger partial charge in [0, 0.05) is 6.61 Å². The van der Waals surface area contributed by atoms with Gasteiger partial charge in [-0.3, -0.25) is 0 Å². The van der Waals surface area contributed by atoms with Crippen LogP contribution in [0.2, 0.25) is 0 Å². The fourth-order valence-corrected chi connectivity index (χ4v) is 3.39. The van der Waals surface area contributed by atoms with Crippen molar-refractivity contribution in [2.24, 2.45) is 0 Å². The van der Waals surface area contributed by atoms with E-state index >= 15 is 0 Å². The van der Waals surface area contributed by atoms with Crippen molar-refractivity contribution in [1.29, 1.82) is 0 Å². The molecular formula is C19H27BrO7. The summed E-state index contributed by atoms with van der Waals surface area (Å²) in [7, 11) is 0. The Morgan fingerprint density at radius 3 is 2.19 bits per heavy atom. The largest absolute Gasteiger partial charge is 0.489 e. The average Bonchev–Trinajstić information content (AvgIpc) is 2.60. The zero-order valence-electron chi connectivity index (χ0n) is 16.0. The van der Waals surface area contributed by atoms with E-state index in [4.69, 9.17) is 9.47 Å². The van der Waals surface area contributed by atoms with Crippen molar-refractivity contribution in [3.05, 3.63) is 26.7 Å². The van der Waals surface area contributed by atoms with Gasteiger partial charge >= 0.3 is 11.9 Å². The lowest BCUT2D eigenvalue weighted by atomic mass is 9.96. The molecule has 1 aromatic carbocycles. The molecule has 1 aromatic rings. The summed E-state index contributed by atoms with van der Waals surface area (Å²) in [6.07, 6.45) is 1.69. The SMILES string of the molecule is CCCCCOC(C)C(O)COc1c(C)c(C)c(C(=O)O)c(C(=O)O)c1Br. The second kappa shape index (κ2) is 10.6. The maximum atomic E-state index is 11.6. The molecule has 2 atom stereocenters. The van der Waals surface area contributed by atoms with Crippen LogP contribution < -0.4 is 4.74 Å². The standard InChI is InChI=1S/C19H27BrO7/c1-5-6-7-8-26-12(4)13(21)9-27-17-11(3)10(2)14(18(22)23)15(16(17)20)19(24)25/h12-13,21H,5-9H2,1-4H3,(H,22,23)(H,24,25). The van der Waals surface area contributed by atoms with E-state index in [1.54, 1.807) is 13.8 Å². The Labute approximate surface area is 167 Å². The van der Waals surface area contributed by atoms with E-state index in [2.05, 4.69) is 22.9 Å². The molecule has 8 heteroatoms. The number of aliphatic hydroxyl groups is 1. The third kappa shape index (κ3) is 5.92. The first kappa shape index (κ1) is 23.4. The topological polar surface area (TPSA) is 113 Å². The van der Waals surface area contributed by atoms with Gasteiger partial charge in [-0.25, -0.2) is 9.59 Å². The van der Waals surface area contributed by atoms with Crippen molar-refractivity contribution in [1.82, 2.24) is 0 Å². The molecule has 7 nitrogen and oxygen atoms in total. The summed E-state index contributed by atoms with van der Waals surface area (Å²) in [6.45, 7) is 7.44. The summed E-state index contributed by atoms with van der Waals surface area (Å²) in [4.78, 5) is 23.0. The highest BCUT2D eigenvalue weighted by Gasteiger charge is 2.28. The molecule has 0 aliphatic carbocycles. The Bertz CT molecular complexity index is 687. The number of unbranched alkanes of at least 4 members (excludes halogenated alkanes) is 2. The fraction of sp³-hybridized carbons (Fsp3) is 0.579. The summed E-state index contributed by atoms with van der Waals surface area (Å²) in [6, 6.07) is 0. The lowest BCUT2D eigenvalue weighted by molar-refractivity contribution is -0.0449. The van der Waals surface area contributed by atoms with Crippen molar-refractivity contribution >= 4 is 27.9 Å². The Hall–Kier alpha value is -1.64. The van der Waals surface area contributed by atoms with E-state index in [0.717, 1.165) is 19.3 Å². The number of hydrogen-bond donors (Lipinski definition) is 3. The first-order chi connectivity index (χ1) is 12.6. The summed E-state index contributed by atoms with van der Waals surface area (Å²) < 4.78 is 11.3. The zero-order chi connectivity index (χ0) is 20.7. The highest BCUT2D eigenvalue weighted by molar-refractivity contribution is 9.10. The number of carbonyl (C=O) groups is 2. The molecule has 0 bridgehead atoms. The van der Waals surface area contributed by atoms with Crippen LogP contribution >= 0.6 is 15.9 Å². The molecule has 0 fully saturated rings. The Balaban J connectivity index is 2.98. The molecule has 0 aliphatic heterocycles. The molecular weight excluding hydrogens is 420 g/mol. The van der Waals surface area contributed by atoms with Gasteiger partial charge < -0.3 is 24.8 Å². The second-order valence-electron chi connectivity index (χ2n) is 6.41. The minimum atomic E-state index is -1.37. The van der Waals surface area contributed by atoms with Crippen LogP contribution in [-0.2, 0) is 4.74 Å². The van der Waals surface area contributed by atoms with Crippen LogP contribution in [0.3, 0.4) is 0 Å². The number of halogens is 1. The highest BCUT2D eigenvalue weighted by Crippen LogP contribution is 2.38. The lowest BCUT2D eigenvalue weighted by Crippen LogP contribution is -2.32. The molecule has 3 N–H and O–H groups in total. The van der Waals surface area contributed by atoms with Gasteiger partial charge in [-0.05, 0) is 54.2 Å². The predicted octanol–water partition coefficient (Wildman–Crippen LogP) is 3.80. The van der Waals surface area contributed by atoms with Crippen LogP contribution in [0, 0.1) is 13.8 Å². The minimum absolute atomic E-state index is 0.0409. The molecule has 2 unspecified atom stereocenters. The van der Waals surface area contributed by atoms with E-state index in [1.165, 1.54) is 6.92 Å². The molecule has 0 aliphatic rings. The molecule has 0 heterocycles. The number of aromatic carboxylic acids is 2. The van der Waals surface area contributed by atoms with Crippen LogP contribution in [-0.4, -0.2) is 52.7 Å². The Morgan fingerprint density at radius 1 is 1.07 bits per heavy atom. The zero-order valence-corrected chi connectivity index (χ0v) is 17.6. The third-order valence-corrected chi connectivity index (χ3v) is 5.20. The summed E-state index contributed by atoms with van der Waals surface area (Å²) in [5.41, 5.74) is 0.135. The van der Waals surface area contributed by atoms with Gasteiger partial charge in [0.1, 0.15) is 18.5 Å². The maximum Gasteiger partial charge on any atom is 0.337 e. The first-order valence-corrected chi connectivity index (χ1v) is 9.64. The number of carboxylic acids is 2. The second-order valence-corrected chi connectivity index (χ2v) is 7.21. The lowest BCUT2D eigenvalue weighted by Gasteiger charge is -2.22. The van der Waals surface area contributed by atoms with Crippen molar-refractivity contribution in [3.8, 4) is 5.75 Å². The molecule has 0 saturated heterocycles. The molecule has 0 aromatic heterocycles. The van der Waals surface area contributed by atoms with Gasteiger partial charge in [-0.1, -0.05) is 19.8 Å². The van der Waals surface area contributed by atoms with Crippen LogP contribution in [0.25, 0.3) is 0 Å². The molecule has 0 amide bonds. The number of ether oxygens (including phenoxy) is 2. The van der Waals surface area contributed by atoms with Crippen molar-refractivity contribution in [2.45, 2.75) is 59.2 Å². The first-order valence-electron chi connectivity index (χ1n) is 8.85. The molecule has 152 valence electrons. The number of aliphatic hydroxyl groups excluding tert-OH is 1. The molecule has 27 heavy (non-hydrogen) atoms. The van der Waals surface area contributed by atoms with E-state index in [9.17, 15) is 24.9 Å². The molecule has 0 radical (unpaired) electrons.